The monoisotopic (exact) mass is 569 g/mol. The van der Waals surface area contributed by atoms with Gasteiger partial charge >= 0.3 is 6.09 Å². The van der Waals surface area contributed by atoms with Crippen molar-refractivity contribution in [2.24, 2.45) is 0 Å². The molecule has 4 N–H and O–H groups in total. The van der Waals surface area contributed by atoms with E-state index in [4.69, 9.17) is 28.6 Å². The second-order valence-electron chi connectivity index (χ2n) is 8.95. The molecule has 0 spiro atoms. The highest BCUT2D eigenvalue weighted by molar-refractivity contribution is 7.80. The Morgan fingerprint density at radius 1 is 0.872 bits per heavy atom. The third kappa shape index (κ3) is 8.64. The number of rotatable bonds is 8. The number of benzene rings is 3. The van der Waals surface area contributed by atoms with Crippen LogP contribution in [0.15, 0.2) is 66.7 Å². The van der Waals surface area contributed by atoms with Crippen LogP contribution in [-0.4, -0.2) is 48.3 Å². The molecule has 8 nitrogen and oxygen atoms in total. The standard InChI is InChI=1S/C28H29ClFN5O3S/c29-23-18-21(12-13-25(23)34-28(37)38-17-16-35-14-4-1-5-15-35)33-27(39)32-20-10-8-19(9-11-20)31-26(36)22-6-2-3-7-24(22)30/h2-3,6-13,18H,1,4-5,14-17H2,(H,31,36)(H,34,37)(H2,32,33,39). The summed E-state index contributed by atoms with van der Waals surface area (Å²) in [4.78, 5) is 26.7. The van der Waals surface area contributed by atoms with Gasteiger partial charge in [-0.05, 0) is 92.7 Å². The average molecular weight is 570 g/mol. The van der Waals surface area contributed by atoms with Gasteiger partial charge in [0, 0.05) is 23.6 Å². The molecule has 0 unspecified atom stereocenters. The lowest BCUT2D eigenvalue weighted by Crippen LogP contribution is -2.33. The smallest absolute Gasteiger partial charge is 0.411 e. The van der Waals surface area contributed by atoms with Gasteiger partial charge in [0.15, 0.2) is 5.11 Å². The molecule has 2 amide bonds. The van der Waals surface area contributed by atoms with E-state index in [1.165, 1.54) is 37.5 Å². The van der Waals surface area contributed by atoms with Crippen LogP contribution in [0.25, 0.3) is 0 Å². The summed E-state index contributed by atoms with van der Waals surface area (Å²) in [7, 11) is 0. The van der Waals surface area contributed by atoms with Crippen LogP contribution < -0.4 is 21.3 Å². The Labute approximate surface area is 236 Å². The van der Waals surface area contributed by atoms with E-state index in [2.05, 4.69) is 26.2 Å². The van der Waals surface area contributed by atoms with E-state index in [0.29, 0.717) is 39.5 Å². The van der Waals surface area contributed by atoms with Crippen LogP contribution in [0.3, 0.4) is 0 Å². The fourth-order valence-electron chi connectivity index (χ4n) is 4.06. The molecule has 204 valence electrons. The zero-order valence-electron chi connectivity index (χ0n) is 21.1. The van der Waals surface area contributed by atoms with Gasteiger partial charge in [-0.2, -0.15) is 0 Å². The third-order valence-corrected chi connectivity index (χ3v) is 6.59. The number of thiocarbonyl (C=S) groups is 1. The molecule has 3 aromatic carbocycles. The summed E-state index contributed by atoms with van der Waals surface area (Å²) in [5, 5.41) is 12.0. The summed E-state index contributed by atoms with van der Waals surface area (Å²) in [5.41, 5.74) is 2.20. The minimum absolute atomic E-state index is 0.0327. The number of carbonyl (C=O) groups is 2. The van der Waals surface area contributed by atoms with Gasteiger partial charge in [0.2, 0.25) is 0 Å². The minimum atomic E-state index is -0.586. The first-order valence-electron chi connectivity index (χ1n) is 12.6. The number of anilines is 4. The van der Waals surface area contributed by atoms with Crippen molar-refractivity contribution in [3.8, 4) is 0 Å². The lowest BCUT2D eigenvalue weighted by molar-refractivity contribution is 0.102. The van der Waals surface area contributed by atoms with E-state index in [9.17, 15) is 14.0 Å². The number of nitrogens with zero attached hydrogens (tertiary/aromatic N) is 1. The Hall–Kier alpha value is -3.73. The van der Waals surface area contributed by atoms with Gasteiger partial charge in [-0.1, -0.05) is 30.2 Å². The second kappa shape index (κ2) is 13.9. The van der Waals surface area contributed by atoms with Gasteiger partial charge in [-0.3, -0.25) is 15.0 Å². The summed E-state index contributed by atoms with van der Waals surface area (Å²) in [5.74, 6) is -1.12. The highest BCUT2D eigenvalue weighted by atomic mass is 35.5. The third-order valence-electron chi connectivity index (χ3n) is 6.07. The maximum Gasteiger partial charge on any atom is 0.411 e. The number of halogens is 2. The molecule has 4 rings (SSSR count). The second-order valence-corrected chi connectivity index (χ2v) is 9.76. The molecule has 0 aromatic heterocycles. The Morgan fingerprint density at radius 3 is 2.21 bits per heavy atom. The van der Waals surface area contributed by atoms with Crippen LogP contribution in [0.5, 0.6) is 0 Å². The van der Waals surface area contributed by atoms with E-state index >= 15 is 0 Å². The number of ether oxygens (including phenoxy) is 1. The molecule has 0 saturated carbocycles. The van der Waals surface area contributed by atoms with E-state index < -0.39 is 17.8 Å². The first kappa shape index (κ1) is 28.3. The molecule has 39 heavy (non-hydrogen) atoms. The van der Waals surface area contributed by atoms with Crippen LogP contribution in [0.1, 0.15) is 29.6 Å². The van der Waals surface area contributed by atoms with Crippen LogP contribution in [-0.2, 0) is 4.74 Å². The molecular formula is C28H29ClFN5O3S. The first-order valence-corrected chi connectivity index (χ1v) is 13.4. The van der Waals surface area contributed by atoms with Crippen molar-refractivity contribution in [3.05, 3.63) is 83.1 Å². The van der Waals surface area contributed by atoms with Gasteiger partial charge in [0.05, 0.1) is 16.3 Å². The summed E-state index contributed by atoms with van der Waals surface area (Å²) in [6, 6.07) is 17.6. The highest BCUT2D eigenvalue weighted by Gasteiger charge is 2.13. The number of amides is 2. The summed E-state index contributed by atoms with van der Waals surface area (Å²) >= 11 is 11.7. The minimum Gasteiger partial charge on any atom is -0.448 e. The quantitative estimate of drug-likeness (QED) is 0.228. The van der Waals surface area contributed by atoms with Gasteiger partial charge in [0.25, 0.3) is 5.91 Å². The van der Waals surface area contributed by atoms with Crippen molar-refractivity contribution < 1.29 is 18.7 Å². The molecule has 1 saturated heterocycles. The first-order chi connectivity index (χ1) is 18.9. The summed E-state index contributed by atoms with van der Waals surface area (Å²) < 4.78 is 19.1. The average Bonchev–Trinajstić information content (AvgIpc) is 2.92. The Morgan fingerprint density at radius 2 is 1.51 bits per heavy atom. The summed E-state index contributed by atoms with van der Waals surface area (Å²) in [6.07, 6.45) is 3.08. The van der Waals surface area contributed by atoms with Crippen molar-refractivity contribution in [3.63, 3.8) is 0 Å². The predicted octanol–water partition coefficient (Wildman–Crippen LogP) is 6.57. The zero-order valence-corrected chi connectivity index (χ0v) is 22.7. The lowest BCUT2D eigenvalue weighted by Gasteiger charge is -2.25. The highest BCUT2D eigenvalue weighted by Crippen LogP contribution is 2.26. The predicted molar refractivity (Wildman–Crippen MR) is 157 cm³/mol. The maximum atomic E-state index is 13.8. The van der Waals surface area contributed by atoms with Crippen LogP contribution in [0.2, 0.25) is 5.02 Å². The Balaban J connectivity index is 1.22. The molecule has 1 aliphatic rings. The van der Waals surface area contributed by atoms with Crippen molar-refractivity contribution in [1.82, 2.24) is 4.90 Å². The SMILES string of the molecule is O=C(Nc1ccc(NC(=S)Nc2ccc(NC(=O)c3ccccc3F)cc2)cc1Cl)OCCN1CCCCC1. The van der Waals surface area contributed by atoms with Crippen molar-refractivity contribution in [2.75, 3.05) is 47.5 Å². The normalized spacial score (nSPS) is 13.3. The lowest BCUT2D eigenvalue weighted by atomic mass is 10.1. The zero-order chi connectivity index (χ0) is 27.6. The van der Waals surface area contributed by atoms with Crippen molar-refractivity contribution in [1.29, 1.82) is 0 Å². The Kier molecular flexibility index (Phi) is 10.1. The molecule has 0 bridgehead atoms. The van der Waals surface area contributed by atoms with Gasteiger partial charge in [0.1, 0.15) is 12.4 Å². The van der Waals surface area contributed by atoms with E-state index in [1.54, 1.807) is 48.5 Å². The Bertz CT molecular complexity index is 1320. The van der Waals surface area contributed by atoms with E-state index in [-0.39, 0.29) is 5.56 Å². The molecule has 1 aliphatic heterocycles. The topological polar surface area (TPSA) is 94.7 Å². The van der Waals surface area contributed by atoms with Crippen molar-refractivity contribution in [2.45, 2.75) is 19.3 Å². The van der Waals surface area contributed by atoms with Gasteiger partial charge in [-0.25, -0.2) is 9.18 Å². The fraction of sp³-hybridized carbons (Fsp3) is 0.250. The number of carbonyl (C=O) groups excluding carboxylic acids is 2. The molecule has 0 radical (unpaired) electrons. The molecule has 1 fully saturated rings. The number of nitrogens with one attached hydrogen (secondary N) is 4. The number of hydrogen-bond donors (Lipinski definition) is 4. The number of piperidine rings is 1. The van der Waals surface area contributed by atoms with Crippen LogP contribution in [0, 0.1) is 5.82 Å². The molecule has 1 heterocycles. The summed E-state index contributed by atoms with van der Waals surface area (Å²) in [6.45, 7) is 3.13. The van der Waals surface area contributed by atoms with Crippen LogP contribution in [0.4, 0.5) is 31.9 Å². The van der Waals surface area contributed by atoms with E-state index in [1.807, 2.05) is 0 Å². The molecular weight excluding hydrogens is 541 g/mol. The van der Waals surface area contributed by atoms with Gasteiger partial charge in [-0.15, -0.1) is 0 Å². The largest absolute Gasteiger partial charge is 0.448 e. The van der Waals surface area contributed by atoms with Crippen LogP contribution >= 0.6 is 23.8 Å². The number of hydrogen-bond acceptors (Lipinski definition) is 5. The molecule has 0 aliphatic carbocycles. The maximum absolute atomic E-state index is 13.8. The molecule has 11 heteroatoms. The van der Waals surface area contributed by atoms with E-state index in [0.717, 1.165) is 19.6 Å². The van der Waals surface area contributed by atoms with Gasteiger partial charge < -0.3 is 20.7 Å². The number of likely N-dealkylation sites (tertiary alicyclic amines) is 1. The molecule has 3 aromatic rings. The molecule has 0 atom stereocenters. The fourth-order valence-corrected chi connectivity index (χ4v) is 4.53. The van der Waals surface area contributed by atoms with Crippen molar-refractivity contribution >= 4 is 63.7 Å².